The van der Waals surface area contributed by atoms with Crippen LogP contribution in [0.3, 0.4) is 0 Å². The van der Waals surface area contributed by atoms with Gasteiger partial charge < -0.3 is 9.88 Å². The van der Waals surface area contributed by atoms with Gasteiger partial charge in [-0.05, 0) is 37.3 Å². The number of fused-ring (bicyclic) bond motifs is 2. The molecule has 0 radical (unpaired) electrons. The molecule has 5 rings (SSSR count). The summed E-state index contributed by atoms with van der Waals surface area (Å²) >= 11 is 0. The first kappa shape index (κ1) is 15.3. The molecule has 26 heavy (non-hydrogen) atoms. The van der Waals surface area contributed by atoms with E-state index in [4.69, 9.17) is 0 Å². The molecule has 2 N–H and O–H groups in total. The number of aromatic amines is 2. The summed E-state index contributed by atoms with van der Waals surface area (Å²) in [6, 6.07) is 3.67. The molecule has 4 heterocycles. The van der Waals surface area contributed by atoms with Crippen molar-refractivity contribution in [1.82, 2.24) is 30.0 Å². The van der Waals surface area contributed by atoms with Crippen LogP contribution in [0.5, 0.6) is 0 Å². The molecule has 1 aliphatic carbocycles. The lowest BCUT2D eigenvalue weighted by molar-refractivity contribution is 0.0683. The molecule has 3 aromatic heterocycles. The van der Waals surface area contributed by atoms with Crippen molar-refractivity contribution in [1.29, 1.82) is 0 Å². The van der Waals surface area contributed by atoms with Crippen LogP contribution >= 0.6 is 0 Å². The van der Waals surface area contributed by atoms with Gasteiger partial charge in [-0.2, -0.15) is 5.10 Å². The zero-order chi connectivity index (χ0) is 17.5. The van der Waals surface area contributed by atoms with Gasteiger partial charge in [0.05, 0.1) is 12.0 Å². The number of imidazole rings is 1. The Morgan fingerprint density at radius 2 is 2.12 bits per heavy atom. The number of carbonyl (C=O) groups is 1. The molecule has 3 aromatic rings. The van der Waals surface area contributed by atoms with E-state index in [0.717, 1.165) is 60.3 Å². The zero-order valence-electron chi connectivity index (χ0n) is 14.4. The lowest BCUT2D eigenvalue weighted by Crippen LogP contribution is -2.41. The Morgan fingerprint density at radius 3 is 3.00 bits per heavy atom. The van der Waals surface area contributed by atoms with Gasteiger partial charge >= 0.3 is 0 Å². The fraction of sp³-hybridized carbons (Fsp3) is 0.368. The first-order valence-electron chi connectivity index (χ1n) is 9.12. The van der Waals surface area contributed by atoms with E-state index in [-0.39, 0.29) is 11.9 Å². The molecule has 7 nitrogen and oxygen atoms in total. The van der Waals surface area contributed by atoms with Gasteiger partial charge in [0.25, 0.3) is 5.91 Å². The highest BCUT2D eigenvalue weighted by Gasteiger charge is 2.36. The van der Waals surface area contributed by atoms with Gasteiger partial charge in [-0.25, -0.2) is 4.98 Å². The minimum Gasteiger partial charge on any atom is -0.348 e. The van der Waals surface area contributed by atoms with E-state index in [0.29, 0.717) is 12.2 Å². The molecule has 1 amide bonds. The Balaban J connectivity index is 1.57. The number of carbonyl (C=O) groups excluding carboxylic acids is 1. The van der Waals surface area contributed by atoms with E-state index < -0.39 is 0 Å². The van der Waals surface area contributed by atoms with Gasteiger partial charge in [-0.15, -0.1) is 0 Å². The summed E-state index contributed by atoms with van der Waals surface area (Å²) in [7, 11) is 0. The van der Waals surface area contributed by atoms with Crippen LogP contribution in [0, 0.1) is 0 Å². The molecule has 132 valence electrons. The number of aryl methyl sites for hydroxylation is 1. The zero-order valence-corrected chi connectivity index (χ0v) is 14.4. The van der Waals surface area contributed by atoms with Gasteiger partial charge in [0.15, 0.2) is 5.69 Å². The van der Waals surface area contributed by atoms with Crippen LogP contribution in [0.2, 0.25) is 0 Å². The van der Waals surface area contributed by atoms with Crippen LogP contribution in [0.1, 0.15) is 57.6 Å². The highest BCUT2D eigenvalue weighted by Crippen LogP contribution is 2.34. The van der Waals surface area contributed by atoms with Crippen LogP contribution in [0.25, 0.3) is 0 Å². The SMILES string of the molecule is O=C(c1n[nH]c2c1CCCC2)N1CCc2[nH]cnc2[C@@H]1c1cccnc1. The number of pyridine rings is 1. The maximum atomic E-state index is 13.4. The smallest absolute Gasteiger partial charge is 0.275 e. The largest absolute Gasteiger partial charge is 0.348 e. The third kappa shape index (κ3) is 2.34. The van der Waals surface area contributed by atoms with Gasteiger partial charge in [-0.3, -0.25) is 14.9 Å². The average Bonchev–Trinajstić information content (AvgIpc) is 3.34. The predicted molar refractivity (Wildman–Crippen MR) is 94.6 cm³/mol. The minimum absolute atomic E-state index is 0.0214. The number of rotatable bonds is 2. The molecular formula is C19H20N6O. The van der Waals surface area contributed by atoms with Crippen LogP contribution in [-0.4, -0.2) is 42.5 Å². The first-order chi connectivity index (χ1) is 12.8. The van der Waals surface area contributed by atoms with Crippen molar-refractivity contribution in [2.75, 3.05) is 6.54 Å². The standard InChI is InChI=1S/C19H20N6O/c26-19(16-13-5-1-2-6-14(13)23-24-16)25-9-7-15-17(22-11-21-15)18(25)12-4-3-8-20-10-12/h3-4,8,10-11,18H,1-2,5-7,9H2,(H,21,22)(H,23,24)/t18-/m0/s1. The first-order valence-corrected chi connectivity index (χ1v) is 9.12. The van der Waals surface area contributed by atoms with Crippen LogP contribution in [0.15, 0.2) is 30.9 Å². The Bertz CT molecular complexity index is 944. The Hall–Kier alpha value is -2.96. The fourth-order valence-corrected chi connectivity index (χ4v) is 4.16. The molecule has 0 bridgehead atoms. The quantitative estimate of drug-likeness (QED) is 0.743. The maximum Gasteiger partial charge on any atom is 0.275 e. The maximum absolute atomic E-state index is 13.4. The van der Waals surface area contributed by atoms with Crippen molar-refractivity contribution < 1.29 is 4.79 Å². The molecular weight excluding hydrogens is 328 g/mol. The Kier molecular flexibility index (Phi) is 3.58. The molecule has 0 saturated carbocycles. The summed E-state index contributed by atoms with van der Waals surface area (Å²) in [5.41, 5.74) is 5.76. The lowest BCUT2D eigenvalue weighted by atomic mass is 9.93. The highest BCUT2D eigenvalue weighted by molar-refractivity contribution is 5.94. The fourth-order valence-electron chi connectivity index (χ4n) is 4.16. The van der Waals surface area contributed by atoms with E-state index in [1.807, 2.05) is 23.2 Å². The Labute approximate surface area is 150 Å². The average molecular weight is 348 g/mol. The van der Waals surface area contributed by atoms with Crippen molar-refractivity contribution in [3.05, 3.63) is 64.8 Å². The van der Waals surface area contributed by atoms with Crippen molar-refractivity contribution in [3.63, 3.8) is 0 Å². The summed E-state index contributed by atoms with van der Waals surface area (Å²) in [4.78, 5) is 27.3. The number of aromatic nitrogens is 5. The van der Waals surface area contributed by atoms with Crippen molar-refractivity contribution in [3.8, 4) is 0 Å². The normalized spacial score (nSPS) is 19.1. The van der Waals surface area contributed by atoms with Gasteiger partial charge in [0.1, 0.15) is 6.04 Å². The van der Waals surface area contributed by atoms with E-state index in [1.54, 1.807) is 12.5 Å². The molecule has 1 atom stereocenters. The topological polar surface area (TPSA) is 90.6 Å². The molecule has 2 aliphatic rings. The van der Waals surface area contributed by atoms with Crippen LogP contribution < -0.4 is 0 Å². The lowest BCUT2D eigenvalue weighted by Gasteiger charge is -2.35. The molecule has 0 fully saturated rings. The predicted octanol–water partition coefficient (Wildman–Crippen LogP) is 2.19. The van der Waals surface area contributed by atoms with Crippen molar-refractivity contribution in [2.45, 2.75) is 38.1 Å². The number of hydrogen-bond donors (Lipinski definition) is 2. The summed E-state index contributed by atoms with van der Waals surface area (Å²) in [5.74, 6) is -0.0214. The second-order valence-electron chi connectivity index (χ2n) is 6.94. The highest BCUT2D eigenvalue weighted by atomic mass is 16.2. The van der Waals surface area contributed by atoms with E-state index in [9.17, 15) is 4.79 Å². The number of H-pyrrole nitrogens is 2. The van der Waals surface area contributed by atoms with Gasteiger partial charge in [-0.1, -0.05) is 6.07 Å². The number of amides is 1. The van der Waals surface area contributed by atoms with Crippen LogP contribution in [-0.2, 0) is 19.3 Å². The van der Waals surface area contributed by atoms with E-state index >= 15 is 0 Å². The van der Waals surface area contributed by atoms with E-state index in [2.05, 4.69) is 25.1 Å². The van der Waals surface area contributed by atoms with Crippen molar-refractivity contribution in [2.24, 2.45) is 0 Å². The van der Waals surface area contributed by atoms with E-state index in [1.165, 1.54) is 0 Å². The van der Waals surface area contributed by atoms with Crippen LogP contribution in [0.4, 0.5) is 0 Å². The molecule has 0 aromatic carbocycles. The monoisotopic (exact) mass is 348 g/mol. The molecule has 0 saturated heterocycles. The number of hydrogen-bond acceptors (Lipinski definition) is 4. The second kappa shape index (κ2) is 6.09. The summed E-state index contributed by atoms with van der Waals surface area (Å²) in [6.07, 6.45) is 10.2. The summed E-state index contributed by atoms with van der Waals surface area (Å²) < 4.78 is 0. The minimum atomic E-state index is -0.234. The summed E-state index contributed by atoms with van der Waals surface area (Å²) in [5, 5.41) is 7.47. The summed E-state index contributed by atoms with van der Waals surface area (Å²) in [6.45, 7) is 0.634. The van der Waals surface area contributed by atoms with Gasteiger partial charge in [0.2, 0.25) is 0 Å². The molecule has 0 unspecified atom stereocenters. The third-order valence-corrected chi connectivity index (χ3v) is 5.44. The third-order valence-electron chi connectivity index (χ3n) is 5.44. The molecule has 1 aliphatic heterocycles. The second-order valence-corrected chi connectivity index (χ2v) is 6.94. The Morgan fingerprint density at radius 1 is 1.19 bits per heavy atom. The van der Waals surface area contributed by atoms with Crippen molar-refractivity contribution >= 4 is 5.91 Å². The van der Waals surface area contributed by atoms with Gasteiger partial charge in [0, 0.05) is 42.3 Å². The number of nitrogens with one attached hydrogen (secondary N) is 2. The molecule has 7 heteroatoms. The molecule has 0 spiro atoms. The number of nitrogens with zero attached hydrogens (tertiary/aromatic N) is 4.